The lowest BCUT2D eigenvalue weighted by Crippen LogP contribution is -2.26. The van der Waals surface area contributed by atoms with Crippen molar-refractivity contribution >= 4 is 15.7 Å². The zero-order chi connectivity index (χ0) is 15.2. The van der Waals surface area contributed by atoms with Crippen molar-refractivity contribution < 1.29 is 8.42 Å². The second kappa shape index (κ2) is 5.53. The molecule has 3 atom stereocenters. The van der Waals surface area contributed by atoms with Crippen LogP contribution in [0.4, 0.5) is 5.69 Å². The van der Waals surface area contributed by atoms with E-state index < -0.39 is 10.0 Å². The first-order valence-corrected chi connectivity index (χ1v) is 9.95. The van der Waals surface area contributed by atoms with Gasteiger partial charge in [-0.15, -0.1) is 0 Å². The molecule has 0 aliphatic heterocycles. The Morgan fingerprint density at radius 3 is 2.36 bits per heavy atom. The molecule has 2 bridgehead atoms. The lowest BCUT2D eigenvalue weighted by molar-refractivity contribution is 0.440. The highest BCUT2D eigenvalue weighted by Crippen LogP contribution is 2.45. The first-order valence-electron chi connectivity index (χ1n) is 8.46. The molecular weight excluding hydrogens is 296 g/mol. The molecule has 3 aliphatic carbocycles. The van der Waals surface area contributed by atoms with Gasteiger partial charge in [-0.05, 0) is 74.1 Å². The van der Waals surface area contributed by atoms with Crippen LogP contribution >= 0.6 is 0 Å². The predicted octanol–water partition coefficient (Wildman–Crippen LogP) is 2.98. The van der Waals surface area contributed by atoms with E-state index >= 15 is 0 Å². The van der Waals surface area contributed by atoms with Crippen LogP contribution in [0.1, 0.15) is 38.5 Å². The zero-order valence-electron chi connectivity index (χ0n) is 12.8. The Kier molecular flexibility index (Phi) is 3.65. The van der Waals surface area contributed by atoms with Gasteiger partial charge in [-0.2, -0.15) is 0 Å². The second-order valence-corrected chi connectivity index (χ2v) is 9.01. The van der Waals surface area contributed by atoms with Gasteiger partial charge in [0.2, 0.25) is 10.0 Å². The maximum atomic E-state index is 12.2. The highest BCUT2D eigenvalue weighted by atomic mass is 32.2. The predicted molar refractivity (Wildman–Crippen MR) is 87.2 cm³/mol. The molecule has 4 rings (SSSR count). The van der Waals surface area contributed by atoms with Crippen LogP contribution in [0.25, 0.3) is 0 Å². The van der Waals surface area contributed by atoms with Gasteiger partial charge in [0.1, 0.15) is 0 Å². The van der Waals surface area contributed by atoms with Crippen molar-refractivity contribution in [3.8, 4) is 0 Å². The molecule has 1 aromatic rings. The quantitative estimate of drug-likeness (QED) is 0.847. The van der Waals surface area contributed by atoms with Crippen LogP contribution in [-0.2, 0) is 10.0 Å². The summed E-state index contributed by atoms with van der Waals surface area (Å²) in [5.74, 6) is 2.27. The Bertz CT molecular complexity index is 637. The van der Waals surface area contributed by atoms with Crippen molar-refractivity contribution in [2.45, 2.75) is 49.5 Å². The van der Waals surface area contributed by atoms with Crippen LogP contribution in [-0.4, -0.2) is 21.0 Å². The molecule has 2 N–H and O–H groups in total. The van der Waals surface area contributed by atoms with E-state index in [1.54, 1.807) is 12.1 Å². The second-order valence-electron chi connectivity index (χ2n) is 7.25. The lowest BCUT2D eigenvalue weighted by Gasteiger charge is -2.24. The standard InChI is InChI=1S/C17H24N2O2S/c20-22(21,18-11-12-1-2-12)16-7-5-15(6-8-16)19-17-10-13-3-4-14(17)9-13/h5-8,12-14,17-19H,1-4,9-11H2. The Morgan fingerprint density at radius 1 is 1.00 bits per heavy atom. The molecule has 4 nitrogen and oxygen atoms in total. The van der Waals surface area contributed by atoms with E-state index in [0.29, 0.717) is 23.4 Å². The minimum atomic E-state index is -3.35. The van der Waals surface area contributed by atoms with E-state index in [9.17, 15) is 8.42 Å². The van der Waals surface area contributed by atoms with Gasteiger partial charge in [-0.3, -0.25) is 0 Å². The summed E-state index contributed by atoms with van der Waals surface area (Å²) < 4.78 is 27.1. The molecule has 3 unspecified atom stereocenters. The molecule has 3 aliphatic rings. The average Bonchev–Trinajstić information content (AvgIpc) is 3.12. The van der Waals surface area contributed by atoms with Gasteiger partial charge in [0.25, 0.3) is 0 Å². The third-order valence-electron chi connectivity index (χ3n) is 5.51. The maximum Gasteiger partial charge on any atom is 0.240 e. The SMILES string of the molecule is O=S(=O)(NCC1CC1)c1ccc(NC2CC3CCC2C3)cc1. The zero-order valence-corrected chi connectivity index (χ0v) is 13.6. The largest absolute Gasteiger partial charge is 0.382 e. The summed E-state index contributed by atoms with van der Waals surface area (Å²) in [6.45, 7) is 0.577. The fourth-order valence-electron chi connectivity index (χ4n) is 4.00. The molecule has 0 spiro atoms. The number of hydrogen-bond donors (Lipinski definition) is 2. The molecule has 22 heavy (non-hydrogen) atoms. The molecule has 0 radical (unpaired) electrons. The Hall–Kier alpha value is -1.07. The summed E-state index contributed by atoms with van der Waals surface area (Å²) in [5, 5.41) is 3.60. The van der Waals surface area contributed by atoms with Crippen molar-refractivity contribution in [1.82, 2.24) is 4.72 Å². The molecule has 3 fully saturated rings. The molecule has 120 valence electrons. The Morgan fingerprint density at radius 2 is 1.77 bits per heavy atom. The molecule has 5 heteroatoms. The van der Waals surface area contributed by atoms with E-state index in [2.05, 4.69) is 10.0 Å². The number of anilines is 1. The highest BCUT2D eigenvalue weighted by molar-refractivity contribution is 7.89. The molecule has 3 saturated carbocycles. The van der Waals surface area contributed by atoms with Gasteiger partial charge < -0.3 is 5.32 Å². The van der Waals surface area contributed by atoms with Crippen molar-refractivity contribution in [2.75, 3.05) is 11.9 Å². The molecular formula is C17H24N2O2S. The highest BCUT2D eigenvalue weighted by Gasteiger charge is 2.39. The lowest BCUT2D eigenvalue weighted by atomic mass is 9.95. The number of hydrogen-bond acceptors (Lipinski definition) is 3. The number of fused-ring (bicyclic) bond motifs is 2. The van der Waals surface area contributed by atoms with Crippen LogP contribution < -0.4 is 10.0 Å². The number of rotatable bonds is 6. The normalized spacial score (nSPS) is 30.6. The summed E-state index contributed by atoms with van der Waals surface area (Å²) in [5.41, 5.74) is 1.04. The number of benzene rings is 1. The first-order chi connectivity index (χ1) is 10.6. The van der Waals surface area contributed by atoms with Crippen LogP contribution in [0.15, 0.2) is 29.2 Å². The van der Waals surface area contributed by atoms with Crippen LogP contribution in [0.2, 0.25) is 0 Å². The molecule has 0 heterocycles. The maximum absolute atomic E-state index is 12.2. The minimum Gasteiger partial charge on any atom is -0.382 e. The third kappa shape index (κ3) is 3.01. The van der Waals surface area contributed by atoms with Gasteiger partial charge >= 0.3 is 0 Å². The van der Waals surface area contributed by atoms with Gasteiger partial charge in [-0.1, -0.05) is 6.42 Å². The summed E-state index contributed by atoms with van der Waals surface area (Å²) >= 11 is 0. The Balaban J connectivity index is 1.39. The van der Waals surface area contributed by atoms with Gasteiger partial charge in [0, 0.05) is 18.3 Å². The van der Waals surface area contributed by atoms with Crippen LogP contribution in [0, 0.1) is 17.8 Å². The van der Waals surface area contributed by atoms with Crippen molar-refractivity contribution in [1.29, 1.82) is 0 Å². The van der Waals surface area contributed by atoms with E-state index in [1.165, 1.54) is 25.7 Å². The number of nitrogens with one attached hydrogen (secondary N) is 2. The summed E-state index contributed by atoms with van der Waals surface area (Å²) in [4.78, 5) is 0.367. The van der Waals surface area contributed by atoms with E-state index in [1.807, 2.05) is 12.1 Å². The van der Waals surface area contributed by atoms with Crippen molar-refractivity contribution in [2.24, 2.45) is 17.8 Å². The molecule has 0 amide bonds. The average molecular weight is 320 g/mol. The molecule has 1 aromatic carbocycles. The fraction of sp³-hybridized carbons (Fsp3) is 0.647. The van der Waals surface area contributed by atoms with Crippen molar-refractivity contribution in [3.63, 3.8) is 0 Å². The Labute approximate surface area is 132 Å². The smallest absolute Gasteiger partial charge is 0.240 e. The van der Waals surface area contributed by atoms with Crippen LogP contribution in [0.5, 0.6) is 0 Å². The minimum absolute atomic E-state index is 0.367. The fourth-order valence-corrected chi connectivity index (χ4v) is 5.11. The summed E-state index contributed by atoms with van der Waals surface area (Å²) in [6, 6.07) is 7.81. The monoisotopic (exact) mass is 320 g/mol. The van der Waals surface area contributed by atoms with E-state index in [4.69, 9.17) is 0 Å². The van der Waals surface area contributed by atoms with Gasteiger partial charge in [-0.25, -0.2) is 13.1 Å². The van der Waals surface area contributed by atoms with Gasteiger partial charge in [0.15, 0.2) is 0 Å². The summed E-state index contributed by atoms with van der Waals surface area (Å²) in [6.07, 6.45) is 7.68. The van der Waals surface area contributed by atoms with Crippen molar-refractivity contribution in [3.05, 3.63) is 24.3 Å². The van der Waals surface area contributed by atoms with Crippen LogP contribution in [0.3, 0.4) is 0 Å². The summed E-state index contributed by atoms with van der Waals surface area (Å²) in [7, 11) is -3.35. The number of sulfonamides is 1. The first kappa shape index (κ1) is 14.5. The van der Waals surface area contributed by atoms with E-state index in [0.717, 1.165) is 30.4 Å². The third-order valence-corrected chi connectivity index (χ3v) is 6.95. The molecule has 0 aromatic heterocycles. The topological polar surface area (TPSA) is 58.2 Å². The van der Waals surface area contributed by atoms with Gasteiger partial charge in [0.05, 0.1) is 4.90 Å². The van der Waals surface area contributed by atoms with E-state index in [-0.39, 0.29) is 0 Å². The molecule has 0 saturated heterocycles.